The summed E-state index contributed by atoms with van der Waals surface area (Å²) in [7, 11) is 0. The third-order valence-electron chi connectivity index (χ3n) is 2.49. The van der Waals surface area contributed by atoms with Gasteiger partial charge in [0, 0.05) is 6.20 Å². The monoisotopic (exact) mass is 279 g/mol. The summed E-state index contributed by atoms with van der Waals surface area (Å²) in [6, 6.07) is 5.48. The molecule has 1 aromatic heterocycles. The molecule has 1 aromatic carbocycles. The SMILES string of the molecule is Cc1ccnc(Oc2ccc(F)cc2Cl)c1C(=N)N. The maximum Gasteiger partial charge on any atom is 0.230 e. The van der Waals surface area contributed by atoms with Gasteiger partial charge in [0.25, 0.3) is 0 Å². The first-order chi connectivity index (χ1) is 8.99. The van der Waals surface area contributed by atoms with E-state index >= 15 is 0 Å². The van der Waals surface area contributed by atoms with E-state index in [2.05, 4.69) is 4.98 Å². The molecule has 0 saturated heterocycles. The van der Waals surface area contributed by atoms with Gasteiger partial charge in [-0.05, 0) is 36.8 Å². The van der Waals surface area contributed by atoms with Gasteiger partial charge in [-0.1, -0.05) is 11.6 Å². The number of nitrogens with zero attached hydrogens (tertiary/aromatic N) is 1. The molecular formula is C13H11ClFN3O. The lowest BCUT2D eigenvalue weighted by Crippen LogP contribution is -2.14. The van der Waals surface area contributed by atoms with Gasteiger partial charge in [-0.3, -0.25) is 5.41 Å². The molecule has 0 aliphatic heterocycles. The number of nitrogen functional groups attached to an aromatic ring is 1. The average molecular weight is 280 g/mol. The van der Waals surface area contributed by atoms with Crippen molar-refractivity contribution in [1.29, 1.82) is 5.41 Å². The van der Waals surface area contributed by atoms with Crippen LogP contribution in [-0.4, -0.2) is 10.8 Å². The molecule has 0 atom stereocenters. The number of halogens is 2. The highest BCUT2D eigenvalue weighted by molar-refractivity contribution is 6.32. The summed E-state index contributed by atoms with van der Waals surface area (Å²) in [5.41, 5.74) is 6.65. The van der Waals surface area contributed by atoms with Crippen LogP contribution < -0.4 is 10.5 Å². The minimum atomic E-state index is -0.457. The molecular weight excluding hydrogens is 269 g/mol. The maximum atomic E-state index is 12.9. The Balaban J connectivity index is 2.44. The molecule has 0 aliphatic carbocycles. The summed E-state index contributed by atoms with van der Waals surface area (Å²) in [6.07, 6.45) is 1.54. The Bertz CT molecular complexity index is 646. The molecule has 4 nitrogen and oxygen atoms in total. The zero-order valence-electron chi connectivity index (χ0n) is 10.1. The van der Waals surface area contributed by atoms with Crippen molar-refractivity contribution in [3.63, 3.8) is 0 Å². The predicted molar refractivity (Wildman–Crippen MR) is 71.5 cm³/mol. The molecule has 2 rings (SSSR count). The zero-order chi connectivity index (χ0) is 14.0. The normalized spacial score (nSPS) is 10.3. The van der Waals surface area contributed by atoms with E-state index in [4.69, 9.17) is 27.5 Å². The number of nitrogens with two attached hydrogens (primary N) is 1. The quantitative estimate of drug-likeness (QED) is 0.669. The third kappa shape index (κ3) is 2.82. The molecule has 0 spiro atoms. The molecule has 0 unspecified atom stereocenters. The summed E-state index contributed by atoms with van der Waals surface area (Å²) < 4.78 is 18.5. The Morgan fingerprint density at radius 2 is 2.16 bits per heavy atom. The summed E-state index contributed by atoms with van der Waals surface area (Å²) >= 11 is 5.87. The maximum absolute atomic E-state index is 12.9. The van der Waals surface area contributed by atoms with Gasteiger partial charge in [-0.15, -0.1) is 0 Å². The summed E-state index contributed by atoms with van der Waals surface area (Å²) in [4.78, 5) is 4.02. The molecule has 0 fully saturated rings. The Morgan fingerprint density at radius 1 is 1.42 bits per heavy atom. The highest BCUT2D eigenvalue weighted by Crippen LogP contribution is 2.31. The first-order valence-electron chi connectivity index (χ1n) is 5.42. The van der Waals surface area contributed by atoms with Crippen molar-refractivity contribution in [3.05, 3.63) is 52.4 Å². The highest BCUT2D eigenvalue weighted by Gasteiger charge is 2.14. The number of benzene rings is 1. The van der Waals surface area contributed by atoms with Crippen molar-refractivity contribution in [3.8, 4) is 11.6 Å². The number of ether oxygens (including phenoxy) is 1. The van der Waals surface area contributed by atoms with E-state index in [1.54, 1.807) is 13.0 Å². The molecule has 98 valence electrons. The number of rotatable bonds is 3. The number of aryl methyl sites for hydroxylation is 1. The number of hydrogen-bond acceptors (Lipinski definition) is 3. The lowest BCUT2D eigenvalue weighted by atomic mass is 10.1. The third-order valence-corrected chi connectivity index (χ3v) is 2.79. The van der Waals surface area contributed by atoms with E-state index in [9.17, 15) is 4.39 Å². The molecule has 0 saturated carbocycles. The molecule has 1 heterocycles. The van der Waals surface area contributed by atoms with Gasteiger partial charge in [0.05, 0.1) is 10.6 Å². The number of hydrogen-bond donors (Lipinski definition) is 2. The Morgan fingerprint density at radius 3 is 2.79 bits per heavy atom. The van der Waals surface area contributed by atoms with Crippen LogP contribution in [0, 0.1) is 18.2 Å². The van der Waals surface area contributed by atoms with Crippen LogP contribution in [0.3, 0.4) is 0 Å². The van der Waals surface area contributed by atoms with E-state index in [0.29, 0.717) is 5.56 Å². The van der Waals surface area contributed by atoms with Gasteiger partial charge in [0.2, 0.25) is 5.88 Å². The van der Waals surface area contributed by atoms with Crippen LogP contribution in [0.15, 0.2) is 30.5 Å². The van der Waals surface area contributed by atoms with Crippen LogP contribution in [0.25, 0.3) is 0 Å². The van der Waals surface area contributed by atoms with Crippen molar-refractivity contribution in [2.45, 2.75) is 6.92 Å². The van der Waals surface area contributed by atoms with Crippen LogP contribution >= 0.6 is 11.6 Å². The van der Waals surface area contributed by atoms with Crippen molar-refractivity contribution >= 4 is 17.4 Å². The first kappa shape index (κ1) is 13.3. The number of aromatic nitrogens is 1. The zero-order valence-corrected chi connectivity index (χ0v) is 10.8. The standard InChI is InChI=1S/C13H11ClFN3O/c1-7-4-5-18-13(11(7)12(16)17)19-10-3-2-8(15)6-9(10)14/h2-6H,1H3,(H3,16,17). The molecule has 6 heteroatoms. The molecule has 3 N–H and O–H groups in total. The lowest BCUT2D eigenvalue weighted by Gasteiger charge is -2.12. The second-order valence-electron chi connectivity index (χ2n) is 3.90. The fourth-order valence-electron chi connectivity index (χ4n) is 1.60. The van der Waals surface area contributed by atoms with Crippen molar-refractivity contribution in [2.24, 2.45) is 5.73 Å². The van der Waals surface area contributed by atoms with Crippen molar-refractivity contribution < 1.29 is 9.13 Å². The van der Waals surface area contributed by atoms with E-state index in [-0.39, 0.29) is 22.5 Å². The summed E-state index contributed by atoms with van der Waals surface area (Å²) in [5, 5.41) is 7.66. The van der Waals surface area contributed by atoms with Crippen LogP contribution in [0.4, 0.5) is 4.39 Å². The fraction of sp³-hybridized carbons (Fsp3) is 0.0769. The number of nitrogens with one attached hydrogen (secondary N) is 1. The topological polar surface area (TPSA) is 72.0 Å². The molecule has 0 aliphatic rings. The number of pyridine rings is 1. The van der Waals surface area contributed by atoms with E-state index in [1.165, 1.54) is 18.3 Å². The lowest BCUT2D eigenvalue weighted by molar-refractivity contribution is 0.460. The smallest absolute Gasteiger partial charge is 0.230 e. The molecule has 19 heavy (non-hydrogen) atoms. The second kappa shape index (κ2) is 5.24. The van der Waals surface area contributed by atoms with Gasteiger partial charge >= 0.3 is 0 Å². The second-order valence-corrected chi connectivity index (χ2v) is 4.31. The Hall–Kier alpha value is -2.14. The molecule has 0 radical (unpaired) electrons. The van der Waals surface area contributed by atoms with E-state index < -0.39 is 5.82 Å². The Kier molecular flexibility index (Phi) is 3.66. The van der Waals surface area contributed by atoms with Crippen molar-refractivity contribution in [1.82, 2.24) is 4.98 Å². The first-order valence-corrected chi connectivity index (χ1v) is 5.79. The minimum Gasteiger partial charge on any atom is -0.437 e. The van der Waals surface area contributed by atoms with Crippen LogP contribution in [0.5, 0.6) is 11.6 Å². The predicted octanol–water partition coefficient (Wildman–Crippen LogP) is 3.26. The van der Waals surface area contributed by atoms with Crippen LogP contribution in [0.1, 0.15) is 11.1 Å². The minimum absolute atomic E-state index is 0.123. The van der Waals surface area contributed by atoms with Crippen LogP contribution in [-0.2, 0) is 0 Å². The molecule has 0 bridgehead atoms. The van der Waals surface area contributed by atoms with E-state index in [1.807, 2.05) is 0 Å². The van der Waals surface area contributed by atoms with Gasteiger partial charge in [-0.2, -0.15) is 0 Å². The van der Waals surface area contributed by atoms with Gasteiger partial charge in [0.15, 0.2) is 0 Å². The largest absolute Gasteiger partial charge is 0.437 e. The molecule has 0 amide bonds. The molecule has 2 aromatic rings. The average Bonchev–Trinajstić information content (AvgIpc) is 2.32. The Labute approximate surface area is 114 Å². The summed E-state index contributed by atoms with van der Waals surface area (Å²) in [5.74, 6) is -0.190. The van der Waals surface area contributed by atoms with Crippen LogP contribution in [0.2, 0.25) is 5.02 Å². The van der Waals surface area contributed by atoms with Gasteiger partial charge < -0.3 is 10.5 Å². The fourth-order valence-corrected chi connectivity index (χ4v) is 1.81. The van der Waals surface area contributed by atoms with Crippen molar-refractivity contribution in [2.75, 3.05) is 0 Å². The van der Waals surface area contributed by atoms with Gasteiger partial charge in [-0.25, -0.2) is 9.37 Å². The summed E-state index contributed by atoms with van der Waals surface area (Å²) in [6.45, 7) is 1.79. The van der Waals surface area contributed by atoms with Gasteiger partial charge in [0.1, 0.15) is 17.4 Å². The number of amidine groups is 1. The highest BCUT2D eigenvalue weighted by atomic mass is 35.5. The van der Waals surface area contributed by atoms with E-state index in [0.717, 1.165) is 11.6 Å².